The fourth-order valence-corrected chi connectivity index (χ4v) is 3.51. The van der Waals surface area contributed by atoms with Crippen molar-refractivity contribution < 1.29 is 34.3 Å². The quantitative estimate of drug-likeness (QED) is 0.359. The van der Waals surface area contributed by atoms with E-state index in [0.717, 1.165) is 0 Å². The van der Waals surface area contributed by atoms with Crippen molar-refractivity contribution in [3.63, 3.8) is 0 Å². The first kappa shape index (κ1) is 21.8. The number of aliphatic hydroxyl groups is 3. The molecule has 0 bridgehead atoms. The van der Waals surface area contributed by atoms with Crippen molar-refractivity contribution >= 4 is 17.5 Å². The number of thioether (sulfide) groups is 1. The molecule has 1 aliphatic rings. The molecule has 1 saturated heterocycles. The van der Waals surface area contributed by atoms with Crippen LogP contribution in [-0.2, 0) is 19.0 Å². The molecule has 0 amide bonds. The molecule has 0 spiro atoms. The summed E-state index contributed by atoms with van der Waals surface area (Å²) in [5.74, 6) is 0.917. The van der Waals surface area contributed by atoms with Crippen LogP contribution in [0.5, 0.6) is 0 Å². The Morgan fingerprint density at radius 3 is 2.62 bits per heavy atom. The lowest BCUT2D eigenvalue weighted by atomic mass is 10.1. The van der Waals surface area contributed by atoms with Crippen LogP contribution in [-0.4, -0.2) is 89.7 Å². The maximum atomic E-state index is 11.2. The van der Waals surface area contributed by atoms with Crippen LogP contribution in [0.15, 0.2) is 0 Å². The standard InChI is InChI=1S/C15H29NO7S/c1-9(18)11(16)7-24-8-14(21-2)13(3-4-17)23-15-12(20)5-10(19)6-22-15/h10-15,17,19-20H,3-8,16H2,1-2H3/t10-,11+,12?,13-,14?,15?/m0/s1. The summed E-state index contributed by atoms with van der Waals surface area (Å²) in [6, 6.07) is -0.519. The van der Waals surface area contributed by atoms with E-state index in [1.165, 1.54) is 25.8 Å². The van der Waals surface area contributed by atoms with Gasteiger partial charge in [-0.05, 0) is 13.3 Å². The molecule has 8 nitrogen and oxygen atoms in total. The molecular formula is C15H29NO7S. The van der Waals surface area contributed by atoms with Gasteiger partial charge < -0.3 is 35.3 Å². The number of aliphatic hydroxyl groups excluding tert-OH is 3. The summed E-state index contributed by atoms with van der Waals surface area (Å²) >= 11 is 1.46. The lowest BCUT2D eigenvalue weighted by Gasteiger charge is -2.35. The van der Waals surface area contributed by atoms with Crippen LogP contribution in [0.3, 0.4) is 0 Å². The first-order valence-corrected chi connectivity index (χ1v) is 9.15. The van der Waals surface area contributed by atoms with Crippen LogP contribution in [0.2, 0.25) is 0 Å². The molecular weight excluding hydrogens is 338 g/mol. The van der Waals surface area contributed by atoms with Crippen LogP contribution >= 0.6 is 11.8 Å². The Labute approximate surface area is 146 Å². The van der Waals surface area contributed by atoms with Crippen molar-refractivity contribution in [3.8, 4) is 0 Å². The van der Waals surface area contributed by atoms with Crippen molar-refractivity contribution in [3.05, 3.63) is 0 Å². The number of rotatable bonds is 11. The van der Waals surface area contributed by atoms with E-state index in [1.807, 2.05) is 0 Å². The average Bonchev–Trinajstić information content (AvgIpc) is 2.53. The Morgan fingerprint density at radius 2 is 2.08 bits per heavy atom. The SMILES string of the molecule is COC(CSC[C@@H](N)C(C)=O)[C@H](CCO)OC1OC[C@@H](O)CC1O. The van der Waals surface area contributed by atoms with Crippen LogP contribution in [0.4, 0.5) is 0 Å². The van der Waals surface area contributed by atoms with Crippen LogP contribution in [0.25, 0.3) is 0 Å². The zero-order chi connectivity index (χ0) is 18.1. The van der Waals surface area contributed by atoms with Gasteiger partial charge in [-0.25, -0.2) is 0 Å². The number of ketones is 1. The highest BCUT2D eigenvalue weighted by atomic mass is 32.2. The van der Waals surface area contributed by atoms with Crippen molar-refractivity contribution in [1.29, 1.82) is 0 Å². The summed E-state index contributed by atoms with van der Waals surface area (Å²) in [6.07, 6.45) is -2.88. The first-order chi connectivity index (χ1) is 11.4. The smallest absolute Gasteiger partial charge is 0.184 e. The second-order valence-corrected chi connectivity index (χ2v) is 6.95. The molecule has 142 valence electrons. The molecule has 9 heteroatoms. The van der Waals surface area contributed by atoms with E-state index in [9.17, 15) is 20.1 Å². The highest BCUT2D eigenvalue weighted by Crippen LogP contribution is 2.22. The number of hydrogen-bond acceptors (Lipinski definition) is 9. The summed E-state index contributed by atoms with van der Waals surface area (Å²) in [6.45, 7) is 1.44. The van der Waals surface area contributed by atoms with Crippen LogP contribution < -0.4 is 5.73 Å². The molecule has 1 fully saturated rings. The molecule has 1 aliphatic heterocycles. The van der Waals surface area contributed by atoms with E-state index < -0.39 is 30.6 Å². The summed E-state index contributed by atoms with van der Waals surface area (Å²) in [7, 11) is 1.53. The summed E-state index contributed by atoms with van der Waals surface area (Å²) in [4.78, 5) is 11.2. The molecule has 0 radical (unpaired) electrons. The Balaban J connectivity index is 2.54. The van der Waals surface area contributed by atoms with E-state index >= 15 is 0 Å². The summed E-state index contributed by atoms with van der Waals surface area (Å²) < 4.78 is 16.5. The average molecular weight is 367 g/mol. The van der Waals surface area contributed by atoms with Gasteiger partial charge in [0.05, 0.1) is 31.0 Å². The molecule has 0 aromatic carbocycles. The summed E-state index contributed by atoms with van der Waals surface area (Å²) in [5.41, 5.74) is 5.70. The monoisotopic (exact) mass is 367 g/mol. The Bertz CT molecular complexity index is 374. The van der Waals surface area contributed by atoms with Crippen LogP contribution in [0.1, 0.15) is 19.8 Å². The normalized spacial score (nSPS) is 28.3. The summed E-state index contributed by atoms with van der Waals surface area (Å²) in [5, 5.41) is 28.7. The lowest BCUT2D eigenvalue weighted by molar-refractivity contribution is -0.264. The van der Waals surface area contributed by atoms with Gasteiger partial charge in [-0.1, -0.05) is 0 Å². The molecule has 0 aromatic rings. The number of methoxy groups -OCH3 is 1. The van der Waals surface area contributed by atoms with Gasteiger partial charge in [0.15, 0.2) is 6.29 Å². The third-order valence-corrected chi connectivity index (χ3v) is 4.98. The van der Waals surface area contributed by atoms with Gasteiger partial charge in [0.1, 0.15) is 11.9 Å². The molecule has 0 aromatic heterocycles. The molecule has 3 unspecified atom stereocenters. The van der Waals surface area contributed by atoms with Crippen molar-refractivity contribution in [2.24, 2.45) is 5.73 Å². The molecule has 1 rings (SSSR count). The third-order valence-electron chi connectivity index (χ3n) is 3.82. The van der Waals surface area contributed by atoms with Crippen molar-refractivity contribution in [1.82, 2.24) is 0 Å². The van der Waals surface area contributed by atoms with Crippen molar-refractivity contribution in [2.75, 3.05) is 31.8 Å². The lowest BCUT2D eigenvalue weighted by Crippen LogP contribution is -2.47. The van der Waals surface area contributed by atoms with Gasteiger partial charge in [0, 0.05) is 31.6 Å². The highest BCUT2D eigenvalue weighted by Gasteiger charge is 2.34. The third kappa shape index (κ3) is 7.32. The number of Topliss-reactive ketones (excluding diaryl/α,β-unsaturated/α-hetero) is 1. The van der Waals surface area contributed by atoms with Gasteiger partial charge in [-0.2, -0.15) is 11.8 Å². The van der Waals surface area contributed by atoms with E-state index in [-0.39, 0.29) is 31.5 Å². The number of ether oxygens (including phenoxy) is 3. The van der Waals surface area contributed by atoms with Crippen molar-refractivity contribution in [2.45, 2.75) is 56.5 Å². The van der Waals surface area contributed by atoms with E-state index in [4.69, 9.17) is 19.9 Å². The predicted molar refractivity (Wildman–Crippen MR) is 89.7 cm³/mol. The minimum Gasteiger partial charge on any atom is -0.396 e. The zero-order valence-electron chi connectivity index (χ0n) is 14.2. The number of carbonyl (C=O) groups excluding carboxylic acids is 1. The van der Waals surface area contributed by atoms with Gasteiger partial charge in [-0.15, -0.1) is 0 Å². The number of nitrogens with two attached hydrogens (primary N) is 1. The zero-order valence-corrected chi connectivity index (χ0v) is 15.0. The Kier molecular flexibility index (Phi) is 10.3. The highest BCUT2D eigenvalue weighted by molar-refractivity contribution is 7.99. The molecule has 6 atom stereocenters. The van der Waals surface area contributed by atoms with Gasteiger partial charge in [0.25, 0.3) is 0 Å². The molecule has 24 heavy (non-hydrogen) atoms. The molecule has 1 heterocycles. The largest absolute Gasteiger partial charge is 0.396 e. The topological polar surface area (TPSA) is 131 Å². The van der Waals surface area contributed by atoms with Gasteiger partial charge in [-0.3, -0.25) is 4.79 Å². The molecule has 5 N–H and O–H groups in total. The van der Waals surface area contributed by atoms with Crippen LogP contribution in [0, 0.1) is 0 Å². The minimum absolute atomic E-state index is 0.0723. The minimum atomic E-state index is -0.939. The molecule has 0 aliphatic carbocycles. The van der Waals surface area contributed by atoms with E-state index in [0.29, 0.717) is 17.9 Å². The fraction of sp³-hybridized carbons (Fsp3) is 0.933. The predicted octanol–water partition coefficient (Wildman–Crippen LogP) is -1.11. The molecule has 0 saturated carbocycles. The second kappa shape index (κ2) is 11.4. The van der Waals surface area contributed by atoms with Gasteiger partial charge >= 0.3 is 0 Å². The Hall–Kier alpha value is -0.260. The fourth-order valence-electron chi connectivity index (χ4n) is 2.30. The van der Waals surface area contributed by atoms with E-state index in [1.54, 1.807) is 0 Å². The Morgan fingerprint density at radius 1 is 1.38 bits per heavy atom. The number of carbonyl (C=O) groups is 1. The van der Waals surface area contributed by atoms with Gasteiger partial charge in [0.2, 0.25) is 0 Å². The second-order valence-electron chi connectivity index (χ2n) is 5.87. The maximum absolute atomic E-state index is 11.2. The number of hydrogen-bond donors (Lipinski definition) is 4. The maximum Gasteiger partial charge on any atom is 0.184 e. The first-order valence-electron chi connectivity index (χ1n) is 7.99. The van der Waals surface area contributed by atoms with E-state index in [2.05, 4.69) is 0 Å².